The number of aryl methyl sites for hydroxylation is 2. The van der Waals surface area contributed by atoms with Crippen LogP contribution in [0.1, 0.15) is 31.4 Å². The molecule has 1 unspecified atom stereocenters. The average Bonchev–Trinajstić information content (AvgIpc) is 2.75. The fraction of sp³-hybridized carbons (Fsp3) is 0.500. The van der Waals surface area contributed by atoms with E-state index in [1.807, 2.05) is 38.5 Å². The third kappa shape index (κ3) is 3.18. The van der Waals surface area contributed by atoms with Gasteiger partial charge in [-0.1, -0.05) is 0 Å². The molecule has 0 aliphatic heterocycles. The summed E-state index contributed by atoms with van der Waals surface area (Å²) in [4.78, 5) is 8.73. The van der Waals surface area contributed by atoms with Crippen LogP contribution in [0.4, 0.5) is 11.8 Å². The zero-order valence-electron chi connectivity index (χ0n) is 11.7. The summed E-state index contributed by atoms with van der Waals surface area (Å²) in [6.07, 6.45) is 1.68. The minimum Gasteiger partial charge on any atom is -0.360 e. The Morgan fingerprint density at radius 1 is 1.37 bits per heavy atom. The van der Waals surface area contributed by atoms with Crippen LogP contribution in [0.2, 0.25) is 0 Å². The lowest BCUT2D eigenvalue weighted by Gasteiger charge is -2.14. The van der Waals surface area contributed by atoms with Gasteiger partial charge in [-0.3, -0.25) is 0 Å². The van der Waals surface area contributed by atoms with Crippen molar-refractivity contribution in [2.75, 3.05) is 17.2 Å². The molecule has 0 saturated heterocycles. The minimum absolute atomic E-state index is 0.0243. The van der Waals surface area contributed by atoms with Gasteiger partial charge < -0.3 is 15.2 Å². The molecule has 0 aromatic carbocycles. The van der Waals surface area contributed by atoms with E-state index in [2.05, 4.69) is 30.8 Å². The Balaban J connectivity index is 2.16. The van der Waals surface area contributed by atoms with Gasteiger partial charge in [-0.25, -0.2) is 4.98 Å². The standard InChI is InChI=1S/C12H19N7/c1-5-13-12-15-8(2)6-10(17-12)16-9(3)11-18-14-7-19(11)4/h6-7,9H,5H2,1-4H3,(H2,13,15,16,17). The third-order valence-corrected chi connectivity index (χ3v) is 2.69. The summed E-state index contributed by atoms with van der Waals surface area (Å²) in [6.45, 7) is 6.78. The first-order valence-electron chi connectivity index (χ1n) is 6.30. The highest BCUT2D eigenvalue weighted by Crippen LogP contribution is 2.17. The average molecular weight is 261 g/mol. The van der Waals surface area contributed by atoms with Crippen LogP contribution >= 0.6 is 0 Å². The maximum atomic E-state index is 4.41. The van der Waals surface area contributed by atoms with Crippen LogP contribution in [0.15, 0.2) is 12.4 Å². The smallest absolute Gasteiger partial charge is 0.224 e. The van der Waals surface area contributed by atoms with Gasteiger partial charge >= 0.3 is 0 Å². The lowest BCUT2D eigenvalue weighted by Crippen LogP contribution is -2.14. The van der Waals surface area contributed by atoms with Crippen LogP contribution in [0.3, 0.4) is 0 Å². The SMILES string of the molecule is CCNc1nc(C)cc(NC(C)c2nncn2C)n1. The summed E-state index contributed by atoms with van der Waals surface area (Å²) in [6, 6.07) is 1.93. The highest BCUT2D eigenvalue weighted by atomic mass is 15.3. The first kappa shape index (κ1) is 13.3. The molecule has 102 valence electrons. The van der Waals surface area contributed by atoms with Crippen molar-refractivity contribution < 1.29 is 0 Å². The van der Waals surface area contributed by atoms with Crippen molar-refractivity contribution in [3.05, 3.63) is 23.9 Å². The number of anilines is 2. The van der Waals surface area contributed by atoms with Gasteiger partial charge in [-0.15, -0.1) is 10.2 Å². The highest BCUT2D eigenvalue weighted by molar-refractivity contribution is 5.43. The normalized spacial score (nSPS) is 12.2. The van der Waals surface area contributed by atoms with Crippen LogP contribution < -0.4 is 10.6 Å². The molecule has 2 N–H and O–H groups in total. The van der Waals surface area contributed by atoms with E-state index in [-0.39, 0.29) is 6.04 Å². The van der Waals surface area contributed by atoms with Gasteiger partial charge in [0.25, 0.3) is 0 Å². The van der Waals surface area contributed by atoms with Crippen molar-refractivity contribution in [2.45, 2.75) is 26.8 Å². The van der Waals surface area contributed by atoms with E-state index in [1.54, 1.807) is 6.33 Å². The molecule has 0 spiro atoms. The molecule has 0 fully saturated rings. The quantitative estimate of drug-likeness (QED) is 0.849. The molecule has 19 heavy (non-hydrogen) atoms. The number of aromatic nitrogens is 5. The van der Waals surface area contributed by atoms with Gasteiger partial charge in [0.2, 0.25) is 5.95 Å². The summed E-state index contributed by atoms with van der Waals surface area (Å²) >= 11 is 0. The monoisotopic (exact) mass is 261 g/mol. The highest BCUT2D eigenvalue weighted by Gasteiger charge is 2.12. The van der Waals surface area contributed by atoms with Gasteiger partial charge in [0.05, 0.1) is 6.04 Å². The van der Waals surface area contributed by atoms with Crippen molar-refractivity contribution in [1.82, 2.24) is 24.7 Å². The number of rotatable bonds is 5. The maximum absolute atomic E-state index is 4.41. The molecule has 0 aliphatic rings. The first-order chi connectivity index (χ1) is 9.10. The Labute approximate surface area is 112 Å². The lowest BCUT2D eigenvalue weighted by atomic mass is 10.3. The van der Waals surface area contributed by atoms with Gasteiger partial charge in [0, 0.05) is 25.4 Å². The molecule has 0 aliphatic carbocycles. The van der Waals surface area contributed by atoms with Gasteiger partial charge in [0.15, 0.2) is 5.82 Å². The predicted molar refractivity (Wildman–Crippen MR) is 74.0 cm³/mol. The maximum Gasteiger partial charge on any atom is 0.224 e. The fourth-order valence-electron chi connectivity index (χ4n) is 1.85. The van der Waals surface area contributed by atoms with Crippen molar-refractivity contribution in [2.24, 2.45) is 7.05 Å². The number of hydrogen-bond acceptors (Lipinski definition) is 6. The zero-order valence-corrected chi connectivity index (χ0v) is 11.7. The minimum atomic E-state index is 0.0243. The van der Waals surface area contributed by atoms with Crippen molar-refractivity contribution >= 4 is 11.8 Å². The van der Waals surface area contributed by atoms with Crippen molar-refractivity contribution in [3.63, 3.8) is 0 Å². The molecular formula is C12H19N7. The molecule has 0 bridgehead atoms. The Kier molecular flexibility index (Phi) is 3.94. The van der Waals surface area contributed by atoms with Crippen molar-refractivity contribution in [3.8, 4) is 0 Å². The Hall–Kier alpha value is -2.18. The molecule has 1 atom stereocenters. The molecule has 2 aromatic rings. The Morgan fingerprint density at radius 2 is 2.16 bits per heavy atom. The summed E-state index contributed by atoms with van der Waals surface area (Å²) in [5.41, 5.74) is 0.915. The summed E-state index contributed by atoms with van der Waals surface area (Å²) in [7, 11) is 1.92. The number of hydrogen-bond donors (Lipinski definition) is 2. The fourth-order valence-corrected chi connectivity index (χ4v) is 1.85. The van der Waals surface area contributed by atoms with Crippen LogP contribution in [-0.4, -0.2) is 31.3 Å². The number of nitrogens with zero attached hydrogens (tertiary/aromatic N) is 5. The van der Waals surface area contributed by atoms with E-state index in [0.29, 0.717) is 5.95 Å². The summed E-state index contributed by atoms with van der Waals surface area (Å²) < 4.78 is 1.89. The van der Waals surface area contributed by atoms with Gasteiger partial charge in [-0.05, 0) is 20.8 Å². The molecule has 2 heterocycles. The molecular weight excluding hydrogens is 242 g/mol. The molecule has 2 rings (SSSR count). The van der Waals surface area contributed by atoms with Crippen LogP contribution in [0, 0.1) is 6.92 Å². The van der Waals surface area contributed by atoms with E-state index >= 15 is 0 Å². The van der Waals surface area contributed by atoms with E-state index in [9.17, 15) is 0 Å². The molecule has 7 heteroatoms. The van der Waals surface area contributed by atoms with Crippen LogP contribution in [-0.2, 0) is 7.05 Å². The van der Waals surface area contributed by atoms with Crippen molar-refractivity contribution in [1.29, 1.82) is 0 Å². The first-order valence-corrected chi connectivity index (χ1v) is 6.30. The lowest BCUT2D eigenvalue weighted by molar-refractivity contribution is 0.716. The van der Waals surface area contributed by atoms with E-state index in [0.717, 1.165) is 23.9 Å². The molecule has 0 saturated carbocycles. The Bertz CT molecular complexity index is 549. The Morgan fingerprint density at radius 3 is 2.79 bits per heavy atom. The van der Waals surface area contributed by atoms with E-state index in [4.69, 9.17) is 0 Å². The second-order valence-corrected chi connectivity index (χ2v) is 4.41. The largest absolute Gasteiger partial charge is 0.360 e. The van der Waals surface area contributed by atoms with Crippen LogP contribution in [0.25, 0.3) is 0 Å². The number of nitrogens with one attached hydrogen (secondary N) is 2. The summed E-state index contributed by atoms with van der Waals surface area (Å²) in [5, 5.41) is 14.4. The summed E-state index contributed by atoms with van der Waals surface area (Å²) in [5.74, 6) is 2.27. The topological polar surface area (TPSA) is 80.5 Å². The van der Waals surface area contributed by atoms with E-state index < -0.39 is 0 Å². The van der Waals surface area contributed by atoms with Gasteiger partial charge in [0.1, 0.15) is 12.1 Å². The van der Waals surface area contributed by atoms with Crippen LogP contribution in [0.5, 0.6) is 0 Å². The molecule has 2 aromatic heterocycles. The molecule has 0 amide bonds. The third-order valence-electron chi connectivity index (χ3n) is 2.69. The second kappa shape index (κ2) is 5.64. The van der Waals surface area contributed by atoms with Gasteiger partial charge in [-0.2, -0.15) is 4.98 Å². The second-order valence-electron chi connectivity index (χ2n) is 4.41. The molecule has 7 nitrogen and oxygen atoms in total. The van der Waals surface area contributed by atoms with E-state index in [1.165, 1.54) is 0 Å². The zero-order chi connectivity index (χ0) is 13.8. The predicted octanol–water partition coefficient (Wildman–Crippen LogP) is 1.52. The molecule has 0 radical (unpaired) electrons.